The van der Waals surface area contributed by atoms with Crippen molar-refractivity contribution in [1.29, 1.82) is 0 Å². The Morgan fingerprint density at radius 1 is 0.966 bits per heavy atom. The molecule has 4 amide bonds. The summed E-state index contributed by atoms with van der Waals surface area (Å²) in [7, 11) is 0. The topological polar surface area (TPSA) is 114 Å². The van der Waals surface area contributed by atoms with E-state index >= 15 is 0 Å². The fourth-order valence-electron chi connectivity index (χ4n) is 2.53. The number of ether oxygens (including phenoxy) is 1. The molecule has 0 radical (unpaired) electrons. The number of rotatable bonds is 7. The second kappa shape index (κ2) is 10.6. The van der Waals surface area contributed by atoms with E-state index in [-0.39, 0.29) is 12.3 Å². The van der Waals surface area contributed by atoms with Gasteiger partial charge in [0.05, 0.1) is 6.42 Å². The Bertz CT molecular complexity index is 866. The number of hydrogen-bond donors (Lipinski definition) is 3. The van der Waals surface area contributed by atoms with E-state index in [4.69, 9.17) is 4.74 Å². The van der Waals surface area contributed by atoms with Crippen LogP contribution in [0.25, 0.3) is 0 Å². The maximum absolute atomic E-state index is 12.5. The smallest absolute Gasteiger partial charge is 0.321 e. The Kier molecular flexibility index (Phi) is 7.90. The molecule has 29 heavy (non-hydrogen) atoms. The number of esters is 1. The summed E-state index contributed by atoms with van der Waals surface area (Å²) >= 11 is 0. The van der Waals surface area contributed by atoms with Gasteiger partial charge in [-0.25, -0.2) is 4.79 Å². The minimum absolute atomic E-state index is 0.0713. The van der Waals surface area contributed by atoms with Gasteiger partial charge in [-0.15, -0.1) is 0 Å². The van der Waals surface area contributed by atoms with Gasteiger partial charge >= 0.3 is 12.0 Å². The van der Waals surface area contributed by atoms with Crippen LogP contribution in [0, 0.1) is 0 Å². The first-order chi connectivity index (χ1) is 13.9. The van der Waals surface area contributed by atoms with Crippen molar-refractivity contribution in [3.8, 4) is 0 Å². The van der Waals surface area contributed by atoms with E-state index in [9.17, 15) is 19.2 Å². The van der Waals surface area contributed by atoms with Crippen molar-refractivity contribution in [3.63, 3.8) is 0 Å². The van der Waals surface area contributed by atoms with Crippen molar-refractivity contribution in [2.24, 2.45) is 0 Å². The van der Waals surface area contributed by atoms with Crippen molar-refractivity contribution in [3.05, 3.63) is 65.7 Å². The molecule has 0 fully saturated rings. The molecule has 3 N–H and O–H groups in total. The number of amides is 4. The summed E-state index contributed by atoms with van der Waals surface area (Å²) in [5, 5.41) is 7.26. The number of nitrogens with one attached hydrogen (secondary N) is 3. The SMILES string of the molecule is CCNC(=O)NC(=O)[C@H](OC(=O)Cc1ccc(NC(C)=O)cc1)c1ccccc1. The first kappa shape index (κ1) is 21.6. The van der Waals surface area contributed by atoms with Gasteiger partial charge in [-0.05, 0) is 24.6 Å². The van der Waals surface area contributed by atoms with Crippen LogP contribution >= 0.6 is 0 Å². The molecule has 8 heteroatoms. The van der Waals surface area contributed by atoms with E-state index in [1.807, 2.05) is 0 Å². The number of benzene rings is 2. The third kappa shape index (κ3) is 7.10. The zero-order chi connectivity index (χ0) is 21.2. The molecule has 0 bridgehead atoms. The monoisotopic (exact) mass is 397 g/mol. The van der Waals surface area contributed by atoms with Crippen LogP contribution in [0.1, 0.15) is 31.1 Å². The summed E-state index contributed by atoms with van der Waals surface area (Å²) in [6, 6.07) is 14.5. The van der Waals surface area contributed by atoms with E-state index in [1.165, 1.54) is 6.92 Å². The van der Waals surface area contributed by atoms with Crippen LogP contribution in [-0.2, 0) is 25.5 Å². The van der Waals surface area contributed by atoms with Gasteiger partial charge in [0.2, 0.25) is 12.0 Å². The zero-order valence-electron chi connectivity index (χ0n) is 16.2. The Balaban J connectivity index is 2.07. The van der Waals surface area contributed by atoms with Crippen molar-refractivity contribution < 1.29 is 23.9 Å². The van der Waals surface area contributed by atoms with E-state index in [1.54, 1.807) is 61.5 Å². The van der Waals surface area contributed by atoms with Gasteiger partial charge in [-0.1, -0.05) is 42.5 Å². The molecule has 0 saturated carbocycles. The predicted molar refractivity (Wildman–Crippen MR) is 107 cm³/mol. The minimum Gasteiger partial charge on any atom is -0.447 e. The molecule has 2 rings (SSSR count). The highest BCUT2D eigenvalue weighted by Gasteiger charge is 2.26. The Hall–Kier alpha value is -3.68. The molecule has 0 aliphatic heterocycles. The van der Waals surface area contributed by atoms with Gasteiger partial charge in [0, 0.05) is 24.7 Å². The largest absolute Gasteiger partial charge is 0.447 e. The lowest BCUT2D eigenvalue weighted by Crippen LogP contribution is -2.42. The van der Waals surface area contributed by atoms with Crippen LogP contribution in [0.4, 0.5) is 10.5 Å². The number of imide groups is 1. The van der Waals surface area contributed by atoms with E-state index < -0.39 is 24.0 Å². The fourth-order valence-corrected chi connectivity index (χ4v) is 2.53. The van der Waals surface area contributed by atoms with Gasteiger partial charge in [0.25, 0.3) is 5.91 Å². The summed E-state index contributed by atoms with van der Waals surface area (Å²) in [6.45, 7) is 3.47. The van der Waals surface area contributed by atoms with Crippen molar-refractivity contribution in [2.45, 2.75) is 26.4 Å². The van der Waals surface area contributed by atoms with E-state index in [2.05, 4.69) is 16.0 Å². The first-order valence-corrected chi connectivity index (χ1v) is 9.08. The number of carbonyl (C=O) groups is 4. The van der Waals surface area contributed by atoms with E-state index in [0.717, 1.165) is 0 Å². The van der Waals surface area contributed by atoms with Crippen molar-refractivity contribution >= 4 is 29.5 Å². The molecule has 0 spiro atoms. The highest BCUT2D eigenvalue weighted by atomic mass is 16.5. The number of urea groups is 1. The normalized spacial score (nSPS) is 11.1. The summed E-state index contributed by atoms with van der Waals surface area (Å²) < 4.78 is 5.38. The fraction of sp³-hybridized carbons (Fsp3) is 0.238. The summed E-state index contributed by atoms with van der Waals surface area (Å²) in [5.74, 6) is -1.56. The lowest BCUT2D eigenvalue weighted by Gasteiger charge is -2.18. The molecule has 0 heterocycles. The van der Waals surface area contributed by atoms with Crippen LogP contribution < -0.4 is 16.0 Å². The molecule has 2 aromatic rings. The van der Waals surface area contributed by atoms with Gasteiger partial charge in [-0.2, -0.15) is 0 Å². The molecule has 8 nitrogen and oxygen atoms in total. The maximum atomic E-state index is 12.5. The standard InChI is InChI=1S/C21H23N3O5/c1-3-22-21(28)24-20(27)19(16-7-5-4-6-8-16)29-18(26)13-15-9-11-17(12-10-15)23-14(2)25/h4-12,19H,3,13H2,1-2H3,(H,23,25)(H2,22,24,27,28)/t19-/m1/s1. The highest BCUT2D eigenvalue weighted by Crippen LogP contribution is 2.19. The zero-order valence-corrected chi connectivity index (χ0v) is 16.2. The molecule has 1 atom stereocenters. The van der Waals surface area contributed by atoms with Crippen molar-refractivity contribution in [2.75, 3.05) is 11.9 Å². The average Bonchev–Trinajstić information content (AvgIpc) is 2.68. The van der Waals surface area contributed by atoms with Gasteiger partial charge in [0.1, 0.15) is 0 Å². The Labute approximate surface area is 168 Å². The van der Waals surface area contributed by atoms with Gasteiger partial charge in [-0.3, -0.25) is 19.7 Å². The number of anilines is 1. The average molecular weight is 397 g/mol. The molecular weight excluding hydrogens is 374 g/mol. The molecule has 0 unspecified atom stereocenters. The minimum atomic E-state index is -1.26. The molecule has 152 valence electrons. The summed E-state index contributed by atoms with van der Waals surface area (Å²) in [5.41, 5.74) is 1.71. The maximum Gasteiger partial charge on any atom is 0.321 e. The van der Waals surface area contributed by atoms with E-state index in [0.29, 0.717) is 23.4 Å². The summed E-state index contributed by atoms with van der Waals surface area (Å²) in [4.78, 5) is 47.6. The molecule has 0 aliphatic carbocycles. The first-order valence-electron chi connectivity index (χ1n) is 9.08. The van der Waals surface area contributed by atoms with Crippen LogP contribution in [0.5, 0.6) is 0 Å². The lowest BCUT2D eigenvalue weighted by molar-refractivity contribution is -0.155. The molecule has 0 saturated heterocycles. The molecular formula is C21H23N3O5. The highest BCUT2D eigenvalue weighted by molar-refractivity contribution is 5.97. The molecule has 2 aromatic carbocycles. The van der Waals surface area contributed by atoms with Crippen molar-refractivity contribution in [1.82, 2.24) is 10.6 Å². The predicted octanol–water partition coefficient (Wildman–Crippen LogP) is 2.32. The quantitative estimate of drug-likeness (QED) is 0.621. The van der Waals surface area contributed by atoms with Crippen LogP contribution in [0.15, 0.2) is 54.6 Å². The summed E-state index contributed by atoms with van der Waals surface area (Å²) in [6.07, 6.45) is -1.33. The Morgan fingerprint density at radius 3 is 2.21 bits per heavy atom. The molecule has 0 aromatic heterocycles. The lowest BCUT2D eigenvalue weighted by atomic mass is 10.1. The molecule has 0 aliphatic rings. The van der Waals surface area contributed by atoms with Gasteiger partial charge in [0.15, 0.2) is 0 Å². The van der Waals surface area contributed by atoms with Crippen LogP contribution in [0.2, 0.25) is 0 Å². The Morgan fingerprint density at radius 2 is 1.62 bits per heavy atom. The van der Waals surface area contributed by atoms with Crippen LogP contribution in [-0.4, -0.2) is 30.4 Å². The third-order valence-electron chi connectivity index (χ3n) is 3.79. The number of carbonyl (C=O) groups excluding carboxylic acids is 4. The second-order valence-corrected chi connectivity index (χ2v) is 6.18. The number of hydrogen-bond acceptors (Lipinski definition) is 5. The van der Waals surface area contributed by atoms with Crippen LogP contribution in [0.3, 0.4) is 0 Å². The second-order valence-electron chi connectivity index (χ2n) is 6.18. The van der Waals surface area contributed by atoms with Gasteiger partial charge < -0.3 is 15.4 Å². The third-order valence-corrected chi connectivity index (χ3v) is 3.79.